The van der Waals surface area contributed by atoms with E-state index in [1.807, 2.05) is 0 Å². The van der Waals surface area contributed by atoms with Crippen molar-refractivity contribution < 1.29 is 44.1 Å². The van der Waals surface area contributed by atoms with Crippen LogP contribution in [0, 0.1) is 20.2 Å². The van der Waals surface area contributed by atoms with Crippen molar-refractivity contribution in [2.75, 3.05) is 11.5 Å². The summed E-state index contributed by atoms with van der Waals surface area (Å²) >= 11 is 0. The van der Waals surface area contributed by atoms with E-state index in [-0.39, 0.29) is 81.8 Å². The van der Waals surface area contributed by atoms with Crippen molar-refractivity contribution in [3.8, 4) is 11.5 Å². The summed E-state index contributed by atoms with van der Waals surface area (Å²) in [6.07, 6.45) is 2.30. The second-order valence-corrected chi connectivity index (χ2v) is 6.52. The largest absolute Gasteiger partial charge is 4.00 e. The number of rotatable bonds is 6. The van der Waals surface area contributed by atoms with Gasteiger partial charge in [0.05, 0.1) is 9.85 Å². The molecule has 0 fully saturated rings. The molecule has 2 heterocycles. The molecule has 0 spiro atoms. The number of nitro groups is 2. The van der Waals surface area contributed by atoms with Gasteiger partial charge in [0, 0.05) is 36.7 Å². The Balaban J connectivity index is 0.000000361. The number of hydrogen-bond donors (Lipinski definition) is 4. The Bertz CT molecular complexity index is 1360. The standard InChI is InChI=1S/2C9H8N6O3.O.V/c2*10-8-12-9(14-13-8)11-4-5-3-6(15(17)18)1-2-7(5)16;;/h2*1-4,16H,(H3,10,12,13,14);;/q;;-2;+4/p-2/b2*11-4+;;. The molecule has 2 aromatic heterocycles. The third kappa shape index (κ3) is 8.37. The molecule has 20 heteroatoms. The fourth-order valence-electron chi connectivity index (χ4n) is 2.40. The third-order valence-electron chi connectivity index (χ3n) is 4.03. The summed E-state index contributed by atoms with van der Waals surface area (Å²) in [5.41, 5.74) is 10.3. The van der Waals surface area contributed by atoms with E-state index in [9.17, 15) is 30.4 Å². The van der Waals surface area contributed by atoms with E-state index in [1.165, 1.54) is 0 Å². The van der Waals surface area contributed by atoms with Gasteiger partial charge in [-0.3, -0.25) is 20.2 Å². The van der Waals surface area contributed by atoms with Gasteiger partial charge in [0.1, 0.15) is 0 Å². The minimum absolute atomic E-state index is 0. The molecule has 0 aliphatic carbocycles. The molecule has 0 aliphatic heterocycles. The Morgan fingerprint density at radius 2 is 1.13 bits per heavy atom. The van der Waals surface area contributed by atoms with Crippen LogP contribution in [0.15, 0.2) is 46.4 Å². The molecule has 6 N–H and O–H groups in total. The number of nitro benzene ring substituents is 2. The van der Waals surface area contributed by atoms with E-state index in [1.54, 1.807) is 0 Å². The summed E-state index contributed by atoms with van der Waals surface area (Å²) in [6, 6.07) is 6.72. The number of aromatic nitrogens is 6. The first-order chi connectivity index (χ1) is 17.1. The van der Waals surface area contributed by atoms with E-state index in [4.69, 9.17) is 11.5 Å². The molecule has 0 saturated carbocycles. The van der Waals surface area contributed by atoms with Crippen molar-refractivity contribution in [3.05, 3.63) is 67.8 Å². The fraction of sp³-hybridized carbons (Fsp3) is 0. The maximum Gasteiger partial charge on any atom is 4.00 e. The van der Waals surface area contributed by atoms with E-state index >= 15 is 0 Å². The first-order valence-electron chi connectivity index (χ1n) is 9.47. The van der Waals surface area contributed by atoms with Crippen LogP contribution in [0.25, 0.3) is 0 Å². The summed E-state index contributed by atoms with van der Waals surface area (Å²) in [6.45, 7) is 0. The first-order valence-corrected chi connectivity index (χ1v) is 9.47. The van der Waals surface area contributed by atoms with Crippen LogP contribution in [-0.2, 0) is 24.0 Å². The average Bonchev–Trinajstić information content (AvgIpc) is 3.45. The molecule has 0 bridgehead atoms. The Hall–Kier alpha value is -5.40. The topological polar surface area (TPSA) is 321 Å². The van der Waals surface area contributed by atoms with Gasteiger partial charge in [-0.2, -0.15) is 9.97 Å². The number of benzene rings is 2. The van der Waals surface area contributed by atoms with Gasteiger partial charge in [0.25, 0.3) is 23.3 Å². The normalized spacial score (nSPS) is 10.3. The van der Waals surface area contributed by atoms with Gasteiger partial charge in [-0.25, -0.2) is 20.2 Å². The van der Waals surface area contributed by atoms with Gasteiger partial charge in [-0.05, 0) is 11.1 Å². The summed E-state index contributed by atoms with van der Waals surface area (Å²) in [5, 5.41) is 56.0. The van der Waals surface area contributed by atoms with Crippen molar-refractivity contribution in [3.63, 3.8) is 0 Å². The fourth-order valence-corrected chi connectivity index (χ4v) is 2.40. The molecule has 38 heavy (non-hydrogen) atoms. The molecular formula is C18H14N12O7V. The van der Waals surface area contributed by atoms with Crippen LogP contribution in [0.4, 0.5) is 35.2 Å². The van der Waals surface area contributed by atoms with Crippen LogP contribution in [0.3, 0.4) is 0 Å². The minimum Gasteiger partial charge on any atom is -2.00 e. The van der Waals surface area contributed by atoms with Gasteiger partial charge >= 0.3 is 18.6 Å². The number of aliphatic imine (C=N–C) groups is 2. The summed E-state index contributed by atoms with van der Waals surface area (Å²) < 4.78 is 0. The van der Waals surface area contributed by atoms with Crippen molar-refractivity contribution >= 4 is 47.6 Å². The van der Waals surface area contributed by atoms with Crippen molar-refractivity contribution in [1.29, 1.82) is 0 Å². The van der Waals surface area contributed by atoms with Gasteiger partial charge in [0.2, 0.25) is 11.9 Å². The smallest absolute Gasteiger partial charge is 2.00 e. The van der Waals surface area contributed by atoms with E-state index in [0.717, 1.165) is 48.8 Å². The average molecular weight is 561 g/mol. The second-order valence-electron chi connectivity index (χ2n) is 6.52. The zero-order valence-electron chi connectivity index (χ0n) is 18.7. The van der Waals surface area contributed by atoms with E-state index < -0.39 is 9.85 Å². The number of nitrogens with one attached hydrogen (secondary N) is 2. The number of H-pyrrole nitrogens is 2. The zero-order valence-corrected chi connectivity index (χ0v) is 20.1. The second kappa shape index (κ2) is 13.6. The molecule has 4 rings (SSSR count). The van der Waals surface area contributed by atoms with Crippen LogP contribution >= 0.6 is 0 Å². The summed E-state index contributed by atoms with van der Waals surface area (Å²) in [5.74, 6) is -0.510. The van der Waals surface area contributed by atoms with Crippen LogP contribution in [0.5, 0.6) is 11.5 Å². The summed E-state index contributed by atoms with van der Waals surface area (Å²) in [4.78, 5) is 34.9. The van der Waals surface area contributed by atoms with Crippen LogP contribution in [-0.4, -0.2) is 52.6 Å². The van der Waals surface area contributed by atoms with Crippen molar-refractivity contribution in [1.82, 2.24) is 30.4 Å². The maximum absolute atomic E-state index is 11.4. The molecule has 0 amide bonds. The molecule has 4 aromatic rings. The number of hydrogen-bond acceptors (Lipinski definition) is 14. The maximum atomic E-state index is 11.4. The molecule has 0 atom stereocenters. The Morgan fingerprint density at radius 3 is 1.42 bits per heavy atom. The first kappa shape index (κ1) is 30.6. The molecule has 19 nitrogen and oxygen atoms in total. The Morgan fingerprint density at radius 1 is 0.763 bits per heavy atom. The number of nitrogen functional groups attached to an aromatic ring is 2. The number of nitrogens with two attached hydrogens (primary N) is 2. The van der Waals surface area contributed by atoms with Crippen LogP contribution < -0.4 is 21.7 Å². The number of nitrogens with zero attached hydrogens (tertiary/aromatic N) is 8. The Kier molecular flexibility index (Phi) is 11.0. The van der Waals surface area contributed by atoms with Gasteiger partial charge in [-0.15, -0.1) is 10.2 Å². The summed E-state index contributed by atoms with van der Waals surface area (Å²) in [7, 11) is 0. The van der Waals surface area contributed by atoms with Crippen molar-refractivity contribution in [2.24, 2.45) is 9.98 Å². The van der Waals surface area contributed by atoms with E-state index in [2.05, 4.69) is 40.3 Å². The monoisotopic (exact) mass is 561 g/mol. The molecular weight excluding hydrogens is 547 g/mol. The minimum atomic E-state index is -0.596. The van der Waals surface area contributed by atoms with Gasteiger partial charge in [-0.1, -0.05) is 23.6 Å². The SMILES string of the molecule is Nc1nc(/N=C/c2cc([N+](=O)[O-])ccc2[O-])n[nH]1.Nc1nc(/N=C/c2cc([N+](=O)[O-])ccc2[O-])n[nH]1.[O-2].[V+4]. The van der Waals surface area contributed by atoms with Crippen molar-refractivity contribution in [2.45, 2.75) is 0 Å². The molecule has 1 radical (unpaired) electrons. The van der Waals surface area contributed by atoms with E-state index in [0.29, 0.717) is 0 Å². The molecule has 2 aromatic carbocycles. The quantitative estimate of drug-likeness (QED) is 0.138. The third-order valence-corrected chi connectivity index (χ3v) is 4.03. The van der Waals surface area contributed by atoms with Gasteiger partial charge < -0.3 is 27.2 Å². The predicted octanol–water partition coefficient (Wildman–Crippen LogP) is 0.117. The van der Waals surface area contributed by atoms with Gasteiger partial charge in [0.15, 0.2) is 0 Å². The number of aromatic amines is 2. The number of non-ortho nitro benzene ring substituents is 2. The molecule has 0 unspecified atom stereocenters. The number of anilines is 2. The predicted molar refractivity (Wildman–Crippen MR) is 122 cm³/mol. The van der Waals surface area contributed by atoms with Crippen LogP contribution in [0.1, 0.15) is 11.1 Å². The molecule has 0 aliphatic rings. The Labute approximate surface area is 222 Å². The molecule has 193 valence electrons. The zero-order chi connectivity index (χ0) is 26.2. The molecule has 0 saturated heterocycles. The van der Waals surface area contributed by atoms with Crippen LogP contribution in [0.2, 0.25) is 0 Å².